The summed E-state index contributed by atoms with van der Waals surface area (Å²) in [4.78, 5) is 26.4. The Hall–Kier alpha value is -3.35. The van der Waals surface area contributed by atoms with E-state index in [2.05, 4.69) is 17.5 Å². The largest absolute Gasteiger partial charge is 0.497 e. The van der Waals surface area contributed by atoms with Gasteiger partial charge in [0.15, 0.2) is 0 Å². The molecule has 1 saturated heterocycles. The number of carbonyl (C=O) groups excluding carboxylic acids is 2. The van der Waals surface area contributed by atoms with Gasteiger partial charge in [0.25, 0.3) is 0 Å². The summed E-state index contributed by atoms with van der Waals surface area (Å²) >= 11 is 0. The molecule has 1 fully saturated rings. The maximum atomic E-state index is 12.4. The first kappa shape index (κ1) is 21.4. The number of nitrogens with zero attached hydrogens (tertiary/aromatic N) is 2. The van der Waals surface area contributed by atoms with E-state index in [0.717, 1.165) is 35.6 Å². The molecule has 0 saturated carbocycles. The number of amides is 2. The molecule has 1 heterocycles. The van der Waals surface area contributed by atoms with Crippen LogP contribution in [0.2, 0.25) is 0 Å². The van der Waals surface area contributed by atoms with Gasteiger partial charge in [0, 0.05) is 18.7 Å². The van der Waals surface area contributed by atoms with E-state index in [1.165, 1.54) is 0 Å². The van der Waals surface area contributed by atoms with Crippen molar-refractivity contribution in [2.45, 2.75) is 26.2 Å². The lowest BCUT2D eigenvalue weighted by Gasteiger charge is -2.16. The number of benzene rings is 2. The third-order valence-electron chi connectivity index (χ3n) is 4.92. The molecule has 7 nitrogen and oxygen atoms in total. The van der Waals surface area contributed by atoms with Crippen LogP contribution in [-0.2, 0) is 9.59 Å². The fourth-order valence-electron chi connectivity index (χ4n) is 3.14. The highest BCUT2D eigenvalue weighted by Gasteiger charge is 2.35. The molecule has 2 aromatic rings. The van der Waals surface area contributed by atoms with E-state index in [-0.39, 0.29) is 18.2 Å². The number of methoxy groups -OCH3 is 1. The Kier molecular flexibility index (Phi) is 7.43. The van der Waals surface area contributed by atoms with Crippen molar-refractivity contribution >= 4 is 23.7 Å². The molecule has 1 aliphatic heterocycles. The maximum Gasteiger partial charge on any atom is 0.245 e. The molecule has 1 atom stereocenters. The molecule has 0 spiro atoms. The van der Waals surface area contributed by atoms with Gasteiger partial charge >= 0.3 is 0 Å². The average molecular weight is 409 g/mol. The Morgan fingerprint density at radius 1 is 1.17 bits per heavy atom. The zero-order chi connectivity index (χ0) is 21.3. The number of ether oxygens (including phenoxy) is 2. The molecule has 7 heteroatoms. The first-order valence-corrected chi connectivity index (χ1v) is 10.1. The fraction of sp³-hybridized carbons (Fsp3) is 0.348. The van der Waals surface area contributed by atoms with Crippen LogP contribution in [0.5, 0.6) is 11.5 Å². The molecule has 0 bridgehead atoms. The van der Waals surface area contributed by atoms with E-state index < -0.39 is 5.92 Å². The van der Waals surface area contributed by atoms with Crippen LogP contribution in [0.4, 0.5) is 5.69 Å². The van der Waals surface area contributed by atoms with Gasteiger partial charge in [-0.25, -0.2) is 5.43 Å². The molecular weight excluding hydrogens is 382 g/mol. The van der Waals surface area contributed by atoms with E-state index in [4.69, 9.17) is 9.47 Å². The van der Waals surface area contributed by atoms with E-state index in [0.29, 0.717) is 13.2 Å². The third kappa shape index (κ3) is 5.59. The molecular formula is C23H27N3O4. The molecule has 0 aliphatic carbocycles. The quantitative estimate of drug-likeness (QED) is 0.391. The topological polar surface area (TPSA) is 80.2 Å². The van der Waals surface area contributed by atoms with Crippen molar-refractivity contribution in [2.75, 3.05) is 25.2 Å². The van der Waals surface area contributed by atoms with Gasteiger partial charge in [-0.05, 0) is 60.5 Å². The van der Waals surface area contributed by atoms with Gasteiger partial charge in [-0.1, -0.05) is 13.3 Å². The molecule has 3 rings (SSSR count). The molecule has 0 unspecified atom stereocenters. The van der Waals surface area contributed by atoms with Crippen molar-refractivity contribution in [2.24, 2.45) is 11.0 Å². The molecule has 0 radical (unpaired) electrons. The van der Waals surface area contributed by atoms with Gasteiger partial charge in [-0.3, -0.25) is 9.59 Å². The van der Waals surface area contributed by atoms with E-state index in [1.54, 1.807) is 30.4 Å². The van der Waals surface area contributed by atoms with Crippen LogP contribution in [0.1, 0.15) is 31.7 Å². The Labute approximate surface area is 176 Å². The Morgan fingerprint density at radius 2 is 1.87 bits per heavy atom. The van der Waals surface area contributed by atoms with Gasteiger partial charge in [0.1, 0.15) is 11.5 Å². The molecule has 0 aromatic heterocycles. The summed E-state index contributed by atoms with van der Waals surface area (Å²) < 4.78 is 10.8. The third-order valence-corrected chi connectivity index (χ3v) is 4.92. The lowest BCUT2D eigenvalue weighted by Crippen LogP contribution is -2.30. The zero-order valence-corrected chi connectivity index (χ0v) is 17.3. The summed E-state index contributed by atoms with van der Waals surface area (Å²) in [6, 6.07) is 14.7. The Balaban J connectivity index is 1.50. The second kappa shape index (κ2) is 10.4. The highest BCUT2D eigenvalue weighted by molar-refractivity contribution is 6.00. The molecule has 158 valence electrons. The second-order valence-electron chi connectivity index (χ2n) is 7.11. The van der Waals surface area contributed by atoms with Crippen LogP contribution in [0.25, 0.3) is 0 Å². The van der Waals surface area contributed by atoms with E-state index >= 15 is 0 Å². The lowest BCUT2D eigenvalue weighted by molar-refractivity contribution is -0.126. The van der Waals surface area contributed by atoms with Gasteiger partial charge < -0.3 is 14.4 Å². The summed E-state index contributed by atoms with van der Waals surface area (Å²) in [6.07, 6.45) is 3.85. The number of hydrogen-bond acceptors (Lipinski definition) is 5. The summed E-state index contributed by atoms with van der Waals surface area (Å²) in [6.45, 7) is 3.15. The van der Waals surface area contributed by atoms with Crippen molar-refractivity contribution < 1.29 is 19.1 Å². The van der Waals surface area contributed by atoms with Crippen LogP contribution in [0, 0.1) is 5.92 Å². The second-order valence-corrected chi connectivity index (χ2v) is 7.11. The van der Waals surface area contributed by atoms with Crippen molar-refractivity contribution in [1.29, 1.82) is 0 Å². The minimum absolute atomic E-state index is 0.0806. The van der Waals surface area contributed by atoms with E-state index in [1.807, 2.05) is 36.4 Å². The van der Waals surface area contributed by atoms with Crippen molar-refractivity contribution in [3.8, 4) is 11.5 Å². The highest BCUT2D eigenvalue weighted by Crippen LogP contribution is 2.26. The molecule has 30 heavy (non-hydrogen) atoms. The SMILES string of the molecule is CCCCOc1ccc(/C=N/NC(=O)[C@@H]2CC(=O)N(c3ccc(OC)cc3)C2)cc1. The Morgan fingerprint density at radius 3 is 2.53 bits per heavy atom. The van der Waals surface area contributed by atoms with Crippen LogP contribution >= 0.6 is 0 Å². The Bertz CT molecular complexity index is 878. The summed E-state index contributed by atoms with van der Waals surface area (Å²) in [5.74, 6) is 0.742. The normalized spacial score (nSPS) is 16.1. The smallest absolute Gasteiger partial charge is 0.245 e. The van der Waals surface area contributed by atoms with Crippen LogP contribution in [-0.4, -0.2) is 38.3 Å². The monoisotopic (exact) mass is 409 g/mol. The average Bonchev–Trinajstić information content (AvgIpc) is 3.17. The summed E-state index contributed by atoms with van der Waals surface area (Å²) in [5.41, 5.74) is 4.14. The number of hydrazone groups is 1. The van der Waals surface area contributed by atoms with Gasteiger partial charge in [0.2, 0.25) is 11.8 Å². The van der Waals surface area contributed by atoms with E-state index in [9.17, 15) is 9.59 Å². The van der Waals surface area contributed by atoms with Gasteiger partial charge in [0.05, 0.1) is 25.8 Å². The fourth-order valence-corrected chi connectivity index (χ4v) is 3.14. The lowest BCUT2D eigenvalue weighted by atomic mass is 10.1. The van der Waals surface area contributed by atoms with Crippen LogP contribution < -0.4 is 19.8 Å². The molecule has 1 aliphatic rings. The maximum absolute atomic E-state index is 12.4. The number of rotatable bonds is 9. The standard InChI is InChI=1S/C23H27N3O4/c1-3-4-13-30-21-9-5-17(6-10-21)15-24-25-23(28)18-14-22(27)26(16-18)19-7-11-20(29-2)12-8-19/h5-12,15,18H,3-4,13-14,16H2,1-2H3,(H,25,28)/b24-15+/t18-/m1/s1. The predicted molar refractivity (Wildman–Crippen MR) is 116 cm³/mol. The number of carbonyl (C=O) groups is 2. The zero-order valence-electron chi connectivity index (χ0n) is 17.3. The summed E-state index contributed by atoms with van der Waals surface area (Å²) in [5, 5.41) is 4.02. The minimum atomic E-state index is -0.439. The first-order valence-electron chi connectivity index (χ1n) is 10.1. The molecule has 2 aromatic carbocycles. The van der Waals surface area contributed by atoms with Gasteiger partial charge in [-0.15, -0.1) is 0 Å². The van der Waals surface area contributed by atoms with Crippen LogP contribution in [0.3, 0.4) is 0 Å². The molecule has 2 amide bonds. The first-order chi connectivity index (χ1) is 14.6. The number of anilines is 1. The number of nitrogens with one attached hydrogen (secondary N) is 1. The van der Waals surface area contributed by atoms with Crippen molar-refractivity contribution in [3.63, 3.8) is 0 Å². The molecule has 1 N–H and O–H groups in total. The highest BCUT2D eigenvalue weighted by atomic mass is 16.5. The van der Waals surface area contributed by atoms with Crippen LogP contribution in [0.15, 0.2) is 53.6 Å². The number of unbranched alkanes of at least 4 members (excludes halogenated alkanes) is 1. The number of hydrogen-bond donors (Lipinski definition) is 1. The van der Waals surface area contributed by atoms with Gasteiger partial charge in [-0.2, -0.15) is 5.10 Å². The van der Waals surface area contributed by atoms with Crippen molar-refractivity contribution in [3.05, 3.63) is 54.1 Å². The van der Waals surface area contributed by atoms with Crippen molar-refractivity contribution in [1.82, 2.24) is 5.43 Å². The summed E-state index contributed by atoms with van der Waals surface area (Å²) in [7, 11) is 1.59. The minimum Gasteiger partial charge on any atom is -0.497 e. The predicted octanol–water partition coefficient (Wildman–Crippen LogP) is 3.38.